The van der Waals surface area contributed by atoms with Crippen molar-refractivity contribution in [2.24, 2.45) is 11.8 Å². The molecule has 1 N–H and O–H groups in total. The number of amides is 3. The highest BCUT2D eigenvalue weighted by molar-refractivity contribution is 7.22. The molecule has 0 bridgehead atoms. The molecule has 4 rings (SSSR count). The van der Waals surface area contributed by atoms with Crippen molar-refractivity contribution in [3.63, 3.8) is 0 Å². The molecule has 0 radical (unpaired) electrons. The summed E-state index contributed by atoms with van der Waals surface area (Å²) in [5.41, 5.74) is 0.767. The maximum Gasteiger partial charge on any atom is 0.233 e. The van der Waals surface area contributed by atoms with Crippen LogP contribution in [0.15, 0.2) is 18.2 Å². The Labute approximate surface area is 159 Å². The van der Waals surface area contributed by atoms with E-state index in [1.165, 1.54) is 16.2 Å². The quantitative estimate of drug-likeness (QED) is 0.809. The van der Waals surface area contributed by atoms with Gasteiger partial charge in [-0.05, 0) is 31.0 Å². The average molecular weight is 392 g/mol. The first-order valence-corrected chi connectivity index (χ1v) is 9.93. The normalized spacial score (nSPS) is 22.7. The second-order valence-electron chi connectivity index (χ2n) is 6.75. The molecule has 1 aliphatic heterocycles. The number of halogens is 1. The SMILES string of the molecule is O=C(CCN1C(=O)[C@H]2CCCC[C@@H]2C1=O)Nc1nc2ccc(Cl)cc2s1. The zero-order valence-electron chi connectivity index (χ0n) is 14.0. The van der Waals surface area contributed by atoms with Crippen LogP contribution in [0.1, 0.15) is 32.1 Å². The highest BCUT2D eigenvalue weighted by Crippen LogP contribution is 2.38. The standard InChI is InChI=1S/C18H18ClN3O3S/c19-10-5-6-13-14(9-10)26-18(20-13)21-15(23)7-8-22-16(24)11-3-1-2-4-12(11)17(22)25/h5-6,9,11-12H,1-4,7-8H2,(H,20,21,23)/t11-,12-/m0/s1. The Hall–Kier alpha value is -1.99. The molecule has 2 aliphatic rings. The number of nitrogens with zero attached hydrogens (tertiary/aromatic N) is 2. The molecule has 8 heteroatoms. The lowest BCUT2D eigenvalue weighted by Crippen LogP contribution is -2.34. The first-order chi connectivity index (χ1) is 12.5. The summed E-state index contributed by atoms with van der Waals surface area (Å²) in [6, 6.07) is 5.35. The minimum absolute atomic E-state index is 0.0770. The molecule has 26 heavy (non-hydrogen) atoms. The molecule has 1 saturated heterocycles. The van der Waals surface area contributed by atoms with Gasteiger partial charge in [-0.25, -0.2) is 4.98 Å². The number of likely N-dealkylation sites (tertiary alicyclic amines) is 1. The molecule has 136 valence electrons. The third-order valence-corrected chi connectivity index (χ3v) is 6.26. The molecule has 6 nitrogen and oxygen atoms in total. The smallest absolute Gasteiger partial charge is 0.233 e. The van der Waals surface area contributed by atoms with E-state index in [9.17, 15) is 14.4 Å². The first-order valence-electron chi connectivity index (χ1n) is 8.74. The lowest BCUT2D eigenvalue weighted by atomic mass is 9.81. The summed E-state index contributed by atoms with van der Waals surface area (Å²) in [5.74, 6) is -0.823. The zero-order valence-corrected chi connectivity index (χ0v) is 15.6. The summed E-state index contributed by atoms with van der Waals surface area (Å²) in [7, 11) is 0. The third kappa shape index (κ3) is 3.21. The van der Waals surface area contributed by atoms with Gasteiger partial charge in [-0.1, -0.05) is 35.8 Å². The van der Waals surface area contributed by atoms with Gasteiger partial charge in [-0.2, -0.15) is 0 Å². The number of thiazole rings is 1. The van der Waals surface area contributed by atoms with E-state index >= 15 is 0 Å². The van der Waals surface area contributed by atoms with Crippen LogP contribution in [0.3, 0.4) is 0 Å². The number of carbonyl (C=O) groups is 3. The minimum Gasteiger partial charge on any atom is -0.302 e. The van der Waals surface area contributed by atoms with Crippen molar-refractivity contribution in [3.05, 3.63) is 23.2 Å². The first kappa shape index (κ1) is 17.4. The van der Waals surface area contributed by atoms with Crippen LogP contribution in [0.25, 0.3) is 10.2 Å². The van der Waals surface area contributed by atoms with E-state index < -0.39 is 0 Å². The zero-order chi connectivity index (χ0) is 18.3. The molecular formula is C18H18ClN3O3S. The van der Waals surface area contributed by atoms with Crippen molar-refractivity contribution in [1.29, 1.82) is 0 Å². The molecular weight excluding hydrogens is 374 g/mol. The van der Waals surface area contributed by atoms with Gasteiger partial charge in [0.1, 0.15) is 0 Å². The third-order valence-electron chi connectivity index (χ3n) is 5.09. The molecule has 2 aromatic rings. The Morgan fingerprint density at radius 1 is 1.23 bits per heavy atom. The topological polar surface area (TPSA) is 79.4 Å². The summed E-state index contributed by atoms with van der Waals surface area (Å²) >= 11 is 7.30. The number of imide groups is 1. The summed E-state index contributed by atoms with van der Waals surface area (Å²) in [5, 5.41) is 3.85. The summed E-state index contributed by atoms with van der Waals surface area (Å²) in [4.78, 5) is 42.7. The Kier molecular flexibility index (Phi) is 4.67. The molecule has 1 aliphatic carbocycles. The van der Waals surface area contributed by atoms with Crippen LogP contribution < -0.4 is 5.32 Å². The fourth-order valence-electron chi connectivity index (χ4n) is 3.80. The fourth-order valence-corrected chi connectivity index (χ4v) is 4.96. The number of hydrogen-bond donors (Lipinski definition) is 1. The second kappa shape index (κ2) is 6.96. The van der Waals surface area contributed by atoms with Crippen molar-refractivity contribution in [3.8, 4) is 0 Å². The van der Waals surface area contributed by atoms with Crippen LogP contribution in [0, 0.1) is 11.8 Å². The number of carbonyl (C=O) groups excluding carboxylic acids is 3. The van der Waals surface area contributed by atoms with E-state index in [-0.39, 0.29) is 42.5 Å². The van der Waals surface area contributed by atoms with Gasteiger partial charge in [0.15, 0.2) is 5.13 Å². The van der Waals surface area contributed by atoms with E-state index in [0.29, 0.717) is 10.2 Å². The van der Waals surface area contributed by atoms with E-state index in [2.05, 4.69) is 10.3 Å². The number of anilines is 1. The van der Waals surface area contributed by atoms with Gasteiger partial charge in [-0.15, -0.1) is 0 Å². The van der Waals surface area contributed by atoms with Gasteiger partial charge in [0, 0.05) is 18.0 Å². The van der Waals surface area contributed by atoms with E-state index in [1.54, 1.807) is 18.2 Å². The number of aromatic nitrogens is 1. The molecule has 1 aromatic heterocycles. The molecule has 1 aromatic carbocycles. The molecule has 2 heterocycles. The fraction of sp³-hybridized carbons (Fsp3) is 0.444. The predicted octanol–water partition coefficient (Wildman–Crippen LogP) is 3.45. The van der Waals surface area contributed by atoms with Crippen molar-refractivity contribution in [2.45, 2.75) is 32.1 Å². The Morgan fingerprint density at radius 2 is 1.92 bits per heavy atom. The lowest BCUT2D eigenvalue weighted by molar-refractivity contribution is -0.140. The van der Waals surface area contributed by atoms with Gasteiger partial charge in [0.25, 0.3) is 0 Å². The van der Waals surface area contributed by atoms with Crippen LogP contribution in [0.4, 0.5) is 5.13 Å². The van der Waals surface area contributed by atoms with E-state index in [0.717, 1.165) is 35.9 Å². The van der Waals surface area contributed by atoms with Gasteiger partial charge >= 0.3 is 0 Å². The molecule has 1 saturated carbocycles. The maximum absolute atomic E-state index is 12.4. The van der Waals surface area contributed by atoms with Crippen LogP contribution in [0.5, 0.6) is 0 Å². The number of hydrogen-bond acceptors (Lipinski definition) is 5. The summed E-state index contributed by atoms with van der Waals surface area (Å²) < 4.78 is 0.891. The number of benzene rings is 1. The second-order valence-corrected chi connectivity index (χ2v) is 8.22. The monoisotopic (exact) mass is 391 g/mol. The van der Waals surface area contributed by atoms with Crippen molar-refractivity contribution >= 4 is 56.0 Å². The lowest BCUT2D eigenvalue weighted by Gasteiger charge is -2.19. The van der Waals surface area contributed by atoms with Gasteiger partial charge in [0.2, 0.25) is 17.7 Å². The van der Waals surface area contributed by atoms with Crippen LogP contribution in [0.2, 0.25) is 5.02 Å². The summed E-state index contributed by atoms with van der Waals surface area (Å²) in [6.07, 6.45) is 3.64. The van der Waals surface area contributed by atoms with Gasteiger partial charge < -0.3 is 5.32 Å². The largest absolute Gasteiger partial charge is 0.302 e. The molecule has 2 fully saturated rings. The maximum atomic E-state index is 12.4. The van der Waals surface area contributed by atoms with E-state index in [1.807, 2.05) is 0 Å². The highest BCUT2D eigenvalue weighted by atomic mass is 35.5. The van der Waals surface area contributed by atoms with Crippen molar-refractivity contribution < 1.29 is 14.4 Å². The van der Waals surface area contributed by atoms with Crippen LogP contribution >= 0.6 is 22.9 Å². The number of nitrogens with one attached hydrogen (secondary N) is 1. The van der Waals surface area contributed by atoms with Gasteiger partial charge in [-0.3, -0.25) is 19.3 Å². The van der Waals surface area contributed by atoms with Crippen LogP contribution in [-0.2, 0) is 14.4 Å². The van der Waals surface area contributed by atoms with Gasteiger partial charge in [0.05, 0.1) is 22.1 Å². The number of fused-ring (bicyclic) bond motifs is 2. The Morgan fingerprint density at radius 3 is 2.62 bits per heavy atom. The van der Waals surface area contributed by atoms with E-state index in [4.69, 9.17) is 11.6 Å². The Balaban J connectivity index is 1.37. The molecule has 0 spiro atoms. The average Bonchev–Trinajstić information content (AvgIpc) is 3.12. The highest BCUT2D eigenvalue weighted by Gasteiger charge is 2.47. The molecule has 0 unspecified atom stereocenters. The molecule has 3 amide bonds. The van der Waals surface area contributed by atoms with Crippen LogP contribution in [-0.4, -0.2) is 34.2 Å². The Bertz CT molecular complexity index is 873. The van der Waals surface area contributed by atoms with Crippen molar-refractivity contribution in [2.75, 3.05) is 11.9 Å². The van der Waals surface area contributed by atoms with Crippen molar-refractivity contribution in [1.82, 2.24) is 9.88 Å². The minimum atomic E-state index is -0.259. The predicted molar refractivity (Wildman–Crippen MR) is 100 cm³/mol. The number of rotatable bonds is 4. The summed E-state index contributed by atoms with van der Waals surface area (Å²) in [6.45, 7) is 0.132. The molecule has 2 atom stereocenters.